The molecule has 1 aliphatic heterocycles. The third kappa shape index (κ3) is 8.27. The van der Waals surface area contributed by atoms with E-state index in [-0.39, 0.29) is 18.0 Å². The van der Waals surface area contributed by atoms with Crippen LogP contribution in [0.25, 0.3) is 0 Å². The molecule has 170 valence electrons. The Hall–Kier alpha value is -2.20. The summed E-state index contributed by atoms with van der Waals surface area (Å²) >= 11 is 0. The molecule has 0 bridgehead atoms. The lowest BCUT2D eigenvalue weighted by Gasteiger charge is -2.27. The molecule has 0 atom stereocenters. The van der Waals surface area contributed by atoms with Crippen LogP contribution in [-0.2, 0) is 23.1 Å². The highest BCUT2D eigenvalue weighted by atomic mass is 16.5. The highest BCUT2D eigenvalue weighted by Gasteiger charge is 2.17. The fourth-order valence-corrected chi connectivity index (χ4v) is 3.12. The molecule has 2 heterocycles. The fraction of sp³-hybridized carbons (Fsp3) is 0.800. The lowest BCUT2D eigenvalue weighted by atomic mass is 10.1. The first-order valence-electron chi connectivity index (χ1n) is 10.6. The molecule has 10 nitrogen and oxygen atoms in total. The topological polar surface area (TPSA) is 99.9 Å². The molecule has 1 aromatic heterocycles. The first kappa shape index (κ1) is 24.1. The Labute approximate surface area is 180 Å². The zero-order valence-electron chi connectivity index (χ0n) is 19.4. The molecule has 0 radical (unpaired) electrons. The number of amides is 1. The molecule has 2 rings (SSSR count). The van der Waals surface area contributed by atoms with Gasteiger partial charge in [0.1, 0.15) is 12.4 Å². The van der Waals surface area contributed by atoms with Gasteiger partial charge in [-0.2, -0.15) is 0 Å². The minimum absolute atomic E-state index is 0.0395. The van der Waals surface area contributed by atoms with E-state index in [4.69, 9.17) is 9.73 Å². The van der Waals surface area contributed by atoms with Crippen LogP contribution in [0.5, 0.6) is 0 Å². The van der Waals surface area contributed by atoms with Gasteiger partial charge in [-0.05, 0) is 40.7 Å². The number of carbonyl (C=O) groups excluding carboxylic acids is 1. The zero-order chi connectivity index (χ0) is 22.1. The molecule has 0 aliphatic carbocycles. The first-order chi connectivity index (χ1) is 14.2. The number of carbonyl (C=O) groups is 1. The highest BCUT2D eigenvalue weighted by Crippen LogP contribution is 2.02. The van der Waals surface area contributed by atoms with Gasteiger partial charge in [0.15, 0.2) is 11.8 Å². The molecule has 0 spiro atoms. The van der Waals surface area contributed by atoms with Crippen molar-refractivity contribution in [3.8, 4) is 0 Å². The van der Waals surface area contributed by atoms with E-state index in [2.05, 4.69) is 25.7 Å². The Kier molecular flexibility index (Phi) is 9.04. The number of likely N-dealkylation sites (N-methyl/N-ethyl adjacent to an activating group) is 1. The van der Waals surface area contributed by atoms with Gasteiger partial charge in [-0.15, -0.1) is 10.2 Å². The van der Waals surface area contributed by atoms with Crippen molar-refractivity contribution < 1.29 is 9.53 Å². The fourth-order valence-electron chi connectivity index (χ4n) is 3.12. The van der Waals surface area contributed by atoms with Gasteiger partial charge >= 0.3 is 0 Å². The molecule has 0 aromatic carbocycles. The Balaban J connectivity index is 1.94. The van der Waals surface area contributed by atoms with Gasteiger partial charge in [-0.3, -0.25) is 9.69 Å². The average molecular weight is 423 g/mol. The lowest BCUT2D eigenvalue weighted by Crippen LogP contribution is -2.49. The number of morpholine rings is 1. The Morgan fingerprint density at radius 1 is 1.27 bits per heavy atom. The highest BCUT2D eigenvalue weighted by molar-refractivity contribution is 5.86. The number of hydrogen-bond donors (Lipinski definition) is 2. The minimum Gasteiger partial charge on any atom is -0.379 e. The lowest BCUT2D eigenvalue weighted by molar-refractivity contribution is -0.122. The first-order valence-corrected chi connectivity index (χ1v) is 10.6. The van der Waals surface area contributed by atoms with Crippen LogP contribution in [0.1, 0.15) is 38.8 Å². The van der Waals surface area contributed by atoms with E-state index in [1.165, 1.54) is 0 Å². The van der Waals surface area contributed by atoms with Crippen molar-refractivity contribution in [3.63, 3.8) is 0 Å². The van der Waals surface area contributed by atoms with Gasteiger partial charge in [0, 0.05) is 39.3 Å². The molecule has 30 heavy (non-hydrogen) atoms. The number of nitrogens with one attached hydrogen (secondary N) is 2. The second-order valence-corrected chi connectivity index (χ2v) is 8.75. The summed E-state index contributed by atoms with van der Waals surface area (Å²) in [5.74, 6) is 2.27. The van der Waals surface area contributed by atoms with Crippen molar-refractivity contribution in [2.75, 3.05) is 53.0 Å². The number of aliphatic imine (C=N–C) groups is 1. The molecule has 0 unspecified atom stereocenters. The molecule has 1 saturated heterocycles. The Bertz CT molecular complexity index is 704. The van der Waals surface area contributed by atoms with E-state index in [9.17, 15) is 4.79 Å². The van der Waals surface area contributed by atoms with E-state index in [1.54, 1.807) is 0 Å². The normalized spacial score (nSPS) is 15.9. The van der Waals surface area contributed by atoms with Gasteiger partial charge in [0.2, 0.25) is 5.91 Å². The summed E-state index contributed by atoms with van der Waals surface area (Å²) in [7, 11) is 3.80. The number of nitrogens with zero attached hydrogens (tertiary/aromatic N) is 6. The number of ether oxygens (including phenoxy) is 1. The molecular formula is C20H38N8O2. The summed E-state index contributed by atoms with van der Waals surface area (Å²) in [5, 5.41) is 14.7. The number of aryl methyl sites for hydroxylation is 1. The van der Waals surface area contributed by atoms with Crippen molar-refractivity contribution in [1.29, 1.82) is 0 Å². The van der Waals surface area contributed by atoms with Crippen LogP contribution in [0.2, 0.25) is 0 Å². The Morgan fingerprint density at radius 3 is 2.57 bits per heavy atom. The number of hydrogen-bond acceptors (Lipinski definition) is 6. The van der Waals surface area contributed by atoms with Crippen LogP contribution in [-0.4, -0.2) is 95.0 Å². The van der Waals surface area contributed by atoms with E-state index in [1.807, 2.05) is 51.3 Å². The van der Waals surface area contributed by atoms with E-state index >= 15 is 0 Å². The monoisotopic (exact) mass is 422 g/mol. The summed E-state index contributed by atoms with van der Waals surface area (Å²) in [4.78, 5) is 21.3. The van der Waals surface area contributed by atoms with Crippen molar-refractivity contribution in [3.05, 3.63) is 11.6 Å². The van der Waals surface area contributed by atoms with Crippen molar-refractivity contribution >= 4 is 11.9 Å². The molecule has 1 aromatic rings. The van der Waals surface area contributed by atoms with Crippen molar-refractivity contribution in [2.45, 2.75) is 46.2 Å². The van der Waals surface area contributed by atoms with Gasteiger partial charge in [-0.25, -0.2) is 4.99 Å². The van der Waals surface area contributed by atoms with Crippen LogP contribution in [0.3, 0.4) is 0 Å². The Morgan fingerprint density at radius 2 is 1.97 bits per heavy atom. The summed E-state index contributed by atoms with van der Waals surface area (Å²) in [5.41, 5.74) is -0.267. The van der Waals surface area contributed by atoms with Gasteiger partial charge in [0.25, 0.3) is 0 Å². The predicted octanol–water partition coefficient (Wildman–Crippen LogP) is 0.138. The summed E-state index contributed by atoms with van der Waals surface area (Å²) < 4.78 is 7.32. The van der Waals surface area contributed by atoms with Crippen LogP contribution in [0.4, 0.5) is 0 Å². The second-order valence-electron chi connectivity index (χ2n) is 8.75. The second kappa shape index (κ2) is 11.3. The van der Waals surface area contributed by atoms with E-state index < -0.39 is 0 Å². The van der Waals surface area contributed by atoms with Crippen LogP contribution in [0, 0.1) is 6.92 Å². The van der Waals surface area contributed by atoms with Gasteiger partial charge < -0.3 is 24.8 Å². The maximum atomic E-state index is 12.4. The third-order valence-corrected chi connectivity index (χ3v) is 4.85. The van der Waals surface area contributed by atoms with E-state index in [0.717, 1.165) is 57.5 Å². The molecular weight excluding hydrogens is 384 g/mol. The maximum absolute atomic E-state index is 12.4. The molecule has 1 fully saturated rings. The van der Waals surface area contributed by atoms with Gasteiger partial charge in [-0.1, -0.05) is 0 Å². The number of rotatable bonds is 8. The van der Waals surface area contributed by atoms with Crippen LogP contribution in [0.15, 0.2) is 4.99 Å². The maximum Gasteiger partial charge on any atom is 0.240 e. The molecule has 1 aliphatic rings. The summed E-state index contributed by atoms with van der Waals surface area (Å²) in [6, 6.07) is 0. The van der Waals surface area contributed by atoms with Crippen LogP contribution >= 0.6 is 0 Å². The largest absolute Gasteiger partial charge is 0.379 e. The predicted molar refractivity (Wildman–Crippen MR) is 117 cm³/mol. The summed E-state index contributed by atoms with van der Waals surface area (Å²) in [6.07, 6.45) is 0.990. The molecule has 10 heteroatoms. The molecule has 1 amide bonds. The van der Waals surface area contributed by atoms with Gasteiger partial charge in [0.05, 0.1) is 19.8 Å². The van der Waals surface area contributed by atoms with E-state index in [0.29, 0.717) is 12.5 Å². The zero-order valence-corrected chi connectivity index (χ0v) is 19.4. The smallest absolute Gasteiger partial charge is 0.240 e. The number of aromatic nitrogens is 3. The summed E-state index contributed by atoms with van der Waals surface area (Å²) in [6.45, 7) is 13.8. The van der Waals surface area contributed by atoms with Crippen molar-refractivity contribution in [1.82, 2.24) is 35.2 Å². The molecule has 2 N–H and O–H groups in total. The third-order valence-electron chi connectivity index (χ3n) is 4.85. The number of guanidine groups is 1. The standard InChI is InChI=1S/C20H38N8O2/c1-16-24-25-17(27(16)6)14-22-19(26(5)15-18(29)23-20(2,3)4)21-8-7-9-28-10-12-30-13-11-28/h7-15H2,1-6H3,(H,21,22)(H,23,29). The molecule has 0 saturated carbocycles. The van der Waals surface area contributed by atoms with Crippen molar-refractivity contribution in [2.24, 2.45) is 12.0 Å². The SMILES string of the molecule is Cc1nnc(CN=C(NCCCN2CCOCC2)N(C)CC(=O)NC(C)(C)C)n1C. The average Bonchev–Trinajstić information content (AvgIpc) is 2.98. The van der Waals surface area contributed by atoms with Crippen LogP contribution < -0.4 is 10.6 Å². The quantitative estimate of drug-likeness (QED) is 0.349. The minimum atomic E-state index is -0.267.